The molecule has 3 aromatic rings. The summed E-state index contributed by atoms with van der Waals surface area (Å²) in [5.41, 5.74) is -3.70. The van der Waals surface area contributed by atoms with Crippen LogP contribution in [-0.2, 0) is 28.5 Å². The van der Waals surface area contributed by atoms with Crippen LogP contribution < -0.4 is 4.74 Å². The zero-order chi connectivity index (χ0) is 28.0. The number of rotatable bonds is 7. The van der Waals surface area contributed by atoms with Crippen LogP contribution in [0, 0.1) is 0 Å². The number of alkyl halides is 6. The largest absolute Gasteiger partial charge is 0.488 e. The van der Waals surface area contributed by atoms with Crippen molar-refractivity contribution < 1.29 is 40.6 Å². The summed E-state index contributed by atoms with van der Waals surface area (Å²) in [7, 11) is 0. The third-order valence-electron chi connectivity index (χ3n) is 5.71. The highest BCUT2D eigenvalue weighted by Gasteiger charge is 2.46. The monoisotopic (exact) mass is 568 g/mol. The lowest BCUT2D eigenvalue weighted by Gasteiger charge is -2.25. The standard InChI is InChI=1S/C27H22F6N2O3S/c28-26(29,30)24-19(6-8-23(36)35-13-15-37-16-14-35)5-7-22(25(24)27(31,32)33)39-21-4-2-1-3-20(21)38-17-18-9-11-34-12-10-18/h1-12H,13-17H2. The van der Waals surface area contributed by atoms with Crippen LogP contribution in [0.4, 0.5) is 26.3 Å². The molecule has 1 aliphatic heterocycles. The Morgan fingerprint density at radius 1 is 0.923 bits per heavy atom. The summed E-state index contributed by atoms with van der Waals surface area (Å²) in [6.45, 7) is 1.10. The van der Waals surface area contributed by atoms with Crippen molar-refractivity contribution in [3.8, 4) is 5.75 Å². The fraction of sp³-hybridized carbons (Fsp3) is 0.259. The Labute approximate surface area is 224 Å². The quantitative estimate of drug-likeness (QED) is 0.234. The van der Waals surface area contributed by atoms with E-state index in [0.717, 1.165) is 29.8 Å². The van der Waals surface area contributed by atoms with E-state index >= 15 is 0 Å². The van der Waals surface area contributed by atoms with Crippen molar-refractivity contribution in [3.63, 3.8) is 0 Å². The molecule has 4 rings (SSSR count). The molecular formula is C27H22F6N2O3S. The molecule has 0 aliphatic carbocycles. The first-order valence-corrected chi connectivity index (χ1v) is 12.5. The van der Waals surface area contributed by atoms with Crippen molar-refractivity contribution in [1.29, 1.82) is 0 Å². The molecule has 0 bridgehead atoms. The summed E-state index contributed by atoms with van der Waals surface area (Å²) < 4.78 is 96.0. The summed E-state index contributed by atoms with van der Waals surface area (Å²) in [5, 5.41) is 0. The normalized spacial score (nSPS) is 14.6. The number of para-hydroxylation sites is 1. The predicted octanol–water partition coefficient (Wildman–Crippen LogP) is 6.72. The van der Waals surface area contributed by atoms with Crippen LogP contribution in [0.15, 0.2) is 76.8 Å². The van der Waals surface area contributed by atoms with Gasteiger partial charge in [-0.3, -0.25) is 9.78 Å². The number of ether oxygens (including phenoxy) is 2. The zero-order valence-electron chi connectivity index (χ0n) is 20.3. The molecule has 5 nitrogen and oxygen atoms in total. The topological polar surface area (TPSA) is 51.7 Å². The average Bonchev–Trinajstić information content (AvgIpc) is 2.91. The SMILES string of the molecule is O=C(C=Cc1ccc(Sc2ccccc2OCc2ccncc2)c(C(F)(F)F)c1C(F)(F)F)N1CCOCC1. The van der Waals surface area contributed by atoms with E-state index in [-0.39, 0.29) is 43.6 Å². The van der Waals surface area contributed by atoms with Gasteiger partial charge < -0.3 is 14.4 Å². The van der Waals surface area contributed by atoms with E-state index < -0.39 is 39.8 Å². The maximum Gasteiger partial charge on any atom is 0.418 e. The molecule has 12 heteroatoms. The molecule has 1 saturated heterocycles. The second-order valence-corrected chi connectivity index (χ2v) is 9.45. The minimum atomic E-state index is -5.35. The molecule has 39 heavy (non-hydrogen) atoms. The van der Waals surface area contributed by atoms with Gasteiger partial charge in [-0.05, 0) is 47.5 Å². The van der Waals surface area contributed by atoms with Gasteiger partial charge in [-0.1, -0.05) is 30.0 Å². The molecule has 1 aliphatic rings. The van der Waals surface area contributed by atoms with Crippen LogP contribution in [0.5, 0.6) is 5.75 Å². The van der Waals surface area contributed by atoms with Crippen LogP contribution >= 0.6 is 11.8 Å². The first-order valence-electron chi connectivity index (χ1n) is 11.7. The number of hydrogen-bond acceptors (Lipinski definition) is 5. The third-order valence-corrected chi connectivity index (χ3v) is 6.82. The fourth-order valence-electron chi connectivity index (χ4n) is 3.87. The summed E-state index contributed by atoms with van der Waals surface area (Å²) in [6.07, 6.45) is -5.95. The molecule has 206 valence electrons. The number of nitrogens with zero attached hydrogens (tertiary/aromatic N) is 2. The number of carbonyl (C=O) groups is 1. The highest BCUT2D eigenvalue weighted by atomic mass is 32.2. The molecule has 1 amide bonds. The lowest BCUT2D eigenvalue weighted by Crippen LogP contribution is -2.39. The number of benzene rings is 2. The number of amides is 1. The molecule has 0 spiro atoms. The molecule has 0 saturated carbocycles. The van der Waals surface area contributed by atoms with E-state index in [2.05, 4.69) is 4.98 Å². The lowest BCUT2D eigenvalue weighted by atomic mass is 9.99. The Morgan fingerprint density at radius 3 is 2.26 bits per heavy atom. The second-order valence-electron chi connectivity index (χ2n) is 8.36. The second kappa shape index (κ2) is 12.1. The number of aromatic nitrogens is 1. The Hall–Kier alpha value is -3.51. The number of hydrogen-bond donors (Lipinski definition) is 0. The van der Waals surface area contributed by atoms with Gasteiger partial charge in [-0.25, -0.2) is 0 Å². The smallest absolute Gasteiger partial charge is 0.418 e. The van der Waals surface area contributed by atoms with Gasteiger partial charge in [0.15, 0.2) is 0 Å². The van der Waals surface area contributed by atoms with Crippen molar-refractivity contribution in [2.75, 3.05) is 26.3 Å². The first kappa shape index (κ1) is 28.5. The van der Waals surface area contributed by atoms with Gasteiger partial charge in [0.1, 0.15) is 12.4 Å². The van der Waals surface area contributed by atoms with Crippen molar-refractivity contribution in [3.05, 3.63) is 89.3 Å². The maximum atomic E-state index is 14.2. The van der Waals surface area contributed by atoms with Crippen LogP contribution in [0.3, 0.4) is 0 Å². The molecule has 2 aromatic carbocycles. The van der Waals surface area contributed by atoms with Gasteiger partial charge in [0, 0.05) is 36.5 Å². The summed E-state index contributed by atoms with van der Waals surface area (Å²) in [4.78, 5) is 17.2. The molecule has 1 fully saturated rings. The molecule has 0 unspecified atom stereocenters. The summed E-state index contributed by atoms with van der Waals surface area (Å²) in [5.74, 6) is -0.403. The molecule has 1 aromatic heterocycles. The first-order chi connectivity index (χ1) is 18.5. The van der Waals surface area contributed by atoms with Crippen LogP contribution in [0.25, 0.3) is 6.08 Å². The minimum absolute atomic E-state index is 0.0843. The van der Waals surface area contributed by atoms with Gasteiger partial charge in [0.2, 0.25) is 5.91 Å². The predicted molar refractivity (Wildman–Crippen MR) is 132 cm³/mol. The molecule has 0 N–H and O–H groups in total. The van der Waals surface area contributed by atoms with E-state index in [9.17, 15) is 31.1 Å². The van der Waals surface area contributed by atoms with Crippen molar-refractivity contribution in [2.24, 2.45) is 0 Å². The van der Waals surface area contributed by atoms with Crippen molar-refractivity contribution in [1.82, 2.24) is 9.88 Å². The van der Waals surface area contributed by atoms with E-state index in [0.29, 0.717) is 11.8 Å². The Kier molecular flexibility index (Phi) is 8.86. The third kappa shape index (κ3) is 7.33. The zero-order valence-corrected chi connectivity index (χ0v) is 21.1. The van der Waals surface area contributed by atoms with Crippen molar-refractivity contribution in [2.45, 2.75) is 28.8 Å². The average molecular weight is 569 g/mol. The van der Waals surface area contributed by atoms with Gasteiger partial charge in [0.05, 0.1) is 29.2 Å². The Bertz CT molecular complexity index is 1320. The van der Waals surface area contributed by atoms with Gasteiger partial charge in [0.25, 0.3) is 0 Å². The lowest BCUT2D eigenvalue weighted by molar-refractivity contribution is -0.163. The fourth-order valence-corrected chi connectivity index (χ4v) is 4.94. The molecule has 0 atom stereocenters. The van der Waals surface area contributed by atoms with Gasteiger partial charge in [-0.2, -0.15) is 26.3 Å². The highest BCUT2D eigenvalue weighted by molar-refractivity contribution is 7.99. The number of morpholine rings is 1. The van der Waals surface area contributed by atoms with Crippen LogP contribution in [0.2, 0.25) is 0 Å². The van der Waals surface area contributed by atoms with E-state index in [1.54, 1.807) is 36.7 Å². The van der Waals surface area contributed by atoms with Crippen LogP contribution in [-0.4, -0.2) is 42.1 Å². The minimum Gasteiger partial charge on any atom is -0.488 e. The van der Waals surface area contributed by atoms with E-state index in [1.807, 2.05) is 0 Å². The van der Waals surface area contributed by atoms with E-state index in [4.69, 9.17) is 9.47 Å². The van der Waals surface area contributed by atoms with Gasteiger partial charge in [-0.15, -0.1) is 0 Å². The van der Waals surface area contributed by atoms with Crippen molar-refractivity contribution >= 4 is 23.7 Å². The summed E-state index contributed by atoms with van der Waals surface area (Å²) >= 11 is 0.518. The van der Waals surface area contributed by atoms with Crippen LogP contribution in [0.1, 0.15) is 22.3 Å². The highest BCUT2D eigenvalue weighted by Crippen LogP contribution is 2.49. The number of halogens is 6. The molecule has 2 heterocycles. The molecular weight excluding hydrogens is 546 g/mol. The summed E-state index contributed by atoms with van der Waals surface area (Å²) in [6, 6.07) is 11.5. The Balaban J connectivity index is 1.70. The molecule has 0 radical (unpaired) electrons. The maximum absolute atomic E-state index is 14.2. The number of pyridine rings is 1. The van der Waals surface area contributed by atoms with Gasteiger partial charge >= 0.3 is 12.4 Å². The van der Waals surface area contributed by atoms with E-state index in [1.165, 1.54) is 17.0 Å². The number of carbonyl (C=O) groups excluding carboxylic acids is 1. The Morgan fingerprint density at radius 2 is 1.59 bits per heavy atom.